The molecule has 14 nitrogen and oxygen atoms in total. The summed E-state index contributed by atoms with van der Waals surface area (Å²) in [5.41, 5.74) is 0.947. The van der Waals surface area contributed by atoms with Crippen molar-refractivity contribution in [2.45, 2.75) is 89.5 Å². The number of imide groups is 1. The molecule has 2 aliphatic rings. The van der Waals surface area contributed by atoms with Crippen LogP contribution in [0.5, 0.6) is 0 Å². The Bertz CT molecular complexity index is 1810. The summed E-state index contributed by atoms with van der Waals surface area (Å²) in [6.45, 7) is 2.93. The van der Waals surface area contributed by atoms with E-state index in [1.807, 2.05) is 0 Å². The van der Waals surface area contributed by atoms with E-state index in [2.05, 4.69) is 5.32 Å². The number of Topliss-reactive ketones (excluding diaryl/α,β-unsaturated/α-hetero) is 3. The lowest BCUT2D eigenvalue weighted by Crippen LogP contribution is -2.48. The summed E-state index contributed by atoms with van der Waals surface area (Å²) in [5, 5.41) is 13.3. The van der Waals surface area contributed by atoms with Gasteiger partial charge in [-0.1, -0.05) is 66.4 Å². The molecule has 61 heavy (non-hydrogen) atoms. The molecule has 0 saturated heterocycles. The van der Waals surface area contributed by atoms with Crippen molar-refractivity contribution in [3.8, 4) is 0 Å². The van der Waals surface area contributed by atoms with Crippen molar-refractivity contribution in [2.24, 2.45) is 5.41 Å². The number of carbonyl (C=O) groups excluding carboxylic acids is 6. The Labute approximate surface area is 366 Å². The maximum atomic E-state index is 13.6. The zero-order valence-electron chi connectivity index (χ0n) is 34.5. The fraction of sp³-hybridized carbons (Fsp3) is 0.533. The largest absolute Gasteiger partial charge is 0.480 e. The highest BCUT2D eigenvalue weighted by Gasteiger charge is 2.42. The van der Waals surface area contributed by atoms with Crippen molar-refractivity contribution in [3.63, 3.8) is 0 Å². The van der Waals surface area contributed by atoms with E-state index < -0.39 is 29.2 Å². The topological polar surface area (TPSA) is 192 Å². The molecule has 0 spiro atoms. The quantitative estimate of drug-likeness (QED) is 0.0515. The molecule has 4 rings (SSSR count). The molecule has 2 aromatic rings. The van der Waals surface area contributed by atoms with Crippen LogP contribution in [0.15, 0.2) is 54.6 Å². The first-order chi connectivity index (χ1) is 29.4. The van der Waals surface area contributed by atoms with Crippen LogP contribution in [0, 0.1) is 5.41 Å². The van der Waals surface area contributed by atoms with Crippen molar-refractivity contribution in [3.05, 3.63) is 81.4 Å². The average Bonchev–Trinajstić information content (AvgIpc) is 3.84. The van der Waals surface area contributed by atoms with E-state index in [1.54, 1.807) is 42.5 Å². The normalized spacial score (nSPS) is 15.0. The van der Waals surface area contributed by atoms with Gasteiger partial charge in [0.15, 0.2) is 5.78 Å². The van der Waals surface area contributed by atoms with Gasteiger partial charge in [-0.2, -0.15) is 0 Å². The van der Waals surface area contributed by atoms with Crippen molar-refractivity contribution >= 4 is 64.2 Å². The SMILES string of the molecule is O=C(CCCC1(C(=O)N[C@@H](Cc2ccc(CC(=O)c3c(Cl)cccc3Cl)cc2)C(=O)O)CCCC1)CCOCCOCCOCCOCCCC(=O)CCN1C(=O)C=CC1=O. The standard InChI is InChI=1S/C45H56Cl2N2O12/c46-36-8-3-9-37(47)42(36)39(52)31-33-12-10-32(11-13-33)30-38(43(55)56)48-44(57)45(18-1-2-19-45)20-4-6-35(51)17-23-59-25-27-61-29-28-60-26-24-58-22-5-7-34(50)16-21-49-40(53)14-15-41(49)54/h3,8-15,38H,1-2,4-7,16-31H2,(H,48,57)(H,55,56)/t38-/m0/s1. The number of carboxylic acids is 1. The number of halogens is 2. The minimum absolute atomic E-state index is 0.0325. The Hall–Kier alpha value is -4.31. The zero-order chi connectivity index (χ0) is 44.0. The van der Waals surface area contributed by atoms with Crippen molar-refractivity contribution < 1.29 is 57.6 Å². The highest BCUT2D eigenvalue weighted by Crippen LogP contribution is 2.43. The molecule has 1 heterocycles. The third-order valence-corrected chi connectivity index (χ3v) is 11.4. The first-order valence-corrected chi connectivity index (χ1v) is 21.6. The highest BCUT2D eigenvalue weighted by atomic mass is 35.5. The Balaban J connectivity index is 1.01. The number of benzene rings is 2. The molecule has 0 unspecified atom stereocenters. The maximum Gasteiger partial charge on any atom is 0.326 e. The molecule has 1 aliphatic heterocycles. The van der Waals surface area contributed by atoms with Crippen LogP contribution >= 0.6 is 23.2 Å². The second-order valence-electron chi connectivity index (χ2n) is 15.2. The number of carboxylic acid groups (broad SMARTS) is 1. The van der Waals surface area contributed by atoms with Crippen LogP contribution in [0.25, 0.3) is 0 Å². The molecule has 1 atom stereocenters. The lowest BCUT2D eigenvalue weighted by atomic mass is 9.79. The Morgan fingerprint density at radius 2 is 1.21 bits per heavy atom. The molecule has 0 aromatic heterocycles. The van der Waals surface area contributed by atoms with Gasteiger partial charge in [0.2, 0.25) is 5.91 Å². The van der Waals surface area contributed by atoms with Crippen molar-refractivity contribution in [2.75, 3.05) is 59.4 Å². The number of nitrogens with zero attached hydrogens (tertiary/aromatic N) is 1. The third-order valence-electron chi connectivity index (χ3n) is 10.7. The van der Waals surface area contributed by atoms with E-state index in [1.165, 1.54) is 12.2 Å². The van der Waals surface area contributed by atoms with Gasteiger partial charge in [0, 0.05) is 69.2 Å². The fourth-order valence-electron chi connectivity index (χ4n) is 7.30. The minimum atomic E-state index is -1.14. The third kappa shape index (κ3) is 16.8. The van der Waals surface area contributed by atoms with Gasteiger partial charge in [0.25, 0.3) is 11.8 Å². The summed E-state index contributed by atoms with van der Waals surface area (Å²) in [6, 6.07) is 10.7. The molecule has 1 saturated carbocycles. The molecule has 1 fully saturated rings. The monoisotopic (exact) mass is 886 g/mol. The minimum Gasteiger partial charge on any atom is -0.480 e. The van der Waals surface area contributed by atoms with Crippen molar-refractivity contribution in [1.29, 1.82) is 0 Å². The summed E-state index contributed by atoms with van der Waals surface area (Å²) in [5.74, 6) is -2.45. The number of ether oxygens (including phenoxy) is 4. The highest BCUT2D eigenvalue weighted by molar-refractivity contribution is 6.39. The molecule has 0 bridgehead atoms. The lowest BCUT2D eigenvalue weighted by Gasteiger charge is -2.29. The molecule has 3 amide bonds. The predicted molar refractivity (Wildman–Crippen MR) is 227 cm³/mol. The van der Waals surface area contributed by atoms with Crippen LogP contribution in [0.4, 0.5) is 0 Å². The van der Waals surface area contributed by atoms with Crippen LogP contribution in [0.2, 0.25) is 10.0 Å². The van der Waals surface area contributed by atoms with Gasteiger partial charge < -0.3 is 29.4 Å². The first kappa shape index (κ1) is 49.3. The van der Waals surface area contributed by atoms with Crippen LogP contribution in [-0.4, -0.2) is 116 Å². The number of nitrogens with one attached hydrogen (secondary N) is 1. The van der Waals surface area contributed by atoms with E-state index in [0.717, 1.165) is 17.7 Å². The van der Waals surface area contributed by atoms with E-state index in [0.29, 0.717) is 102 Å². The number of amides is 3. The molecule has 2 aromatic carbocycles. The second kappa shape index (κ2) is 26.2. The van der Waals surface area contributed by atoms with Gasteiger partial charge in [0.05, 0.1) is 61.9 Å². The van der Waals surface area contributed by atoms with Gasteiger partial charge in [0.1, 0.15) is 17.6 Å². The van der Waals surface area contributed by atoms with E-state index in [4.69, 9.17) is 42.1 Å². The molecule has 16 heteroatoms. The smallest absolute Gasteiger partial charge is 0.326 e. The average molecular weight is 888 g/mol. The summed E-state index contributed by atoms with van der Waals surface area (Å²) in [6.07, 6.45) is 8.07. The lowest BCUT2D eigenvalue weighted by molar-refractivity contribution is -0.144. The number of ketones is 3. The molecule has 332 valence electrons. The van der Waals surface area contributed by atoms with Gasteiger partial charge >= 0.3 is 5.97 Å². The number of hydrogen-bond acceptors (Lipinski definition) is 11. The van der Waals surface area contributed by atoms with Gasteiger partial charge in [-0.05, 0) is 55.4 Å². The second-order valence-corrected chi connectivity index (χ2v) is 16.0. The molecular formula is C45H56Cl2N2O12. The molecule has 2 N–H and O–H groups in total. The van der Waals surface area contributed by atoms with Gasteiger partial charge in [-0.25, -0.2) is 4.79 Å². The molecule has 1 aliphatic carbocycles. The molecule has 0 radical (unpaired) electrons. The summed E-state index contributed by atoms with van der Waals surface area (Å²) < 4.78 is 22.0. The number of aliphatic carboxylic acids is 1. The summed E-state index contributed by atoms with van der Waals surface area (Å²) in [7, 11) is 0. The van der Waals surface area contributed by atoms with Crippen LogP contribution in [0.1, 0.15) is 92.1 Å². The summed E-state index contributed by atoms with van der Waals surface area (Å²) >= 11 is 12.4. The summed E-state index contributed by atoms with van der Waals surface area (Å²) in [4.78, 5) is 87.4. The predicted octanol–water partition coefficient (Wildman–Crippen LogP) is 5.95. The number of carbonyl (C=O) groups is 7. The number of rotatable bonds is 31. The number of hydrogen-bond donors (Lipinski definition) is 2. The van der Waals surface area contributed by atoms with Crippen LogP contribution in [0.3, 0.4) is 0 Å². The van der Waals surface area contributed by atoms with Gasteiger partial charge in [-0.3, -0.25) is 33.7 Å². The fourth-order valence-corrected chi connectivity index (χ4v) is 7.91. The maximum absolute atomic E-state index is 13.6. The van der Waals surface area contributed by atoms with E-state index >= 15 is 0 Å². The van der Waals surface area contributed by atoms with Crippen molar-refractivity contribution in [1.82, 2.24) is 10.2 Å². The Kier molecular flexibility index (Phi) is 21.2. The zero-order valence-corrected chi connectivity index (χ0v) is 36.0. The Morgan fingerprint density at radius 3 is 1.80 bits per heavy atom. The van der Waals surface area contributed by atoms with E-state index in [9.17, 15) is 38.7 Å². The van der Waals surface area contributed by atoms with Crippen LogP contribution in [-0.2, 0) is 60.6 Å². The Morgan fingerprint density at radius 1 is 0.689 bits per heavy atom. The van der Waals surface area contributed by atoms with E-state index in [-0.39, 0.29) is 77.7 Å². The first-order valence-electron chi connectivity index (χ1n) is 20.9. The van der Waals surface area contributed by atoms with Gasteiger partial charge in [-0.15, -0.1) is 0 Å². The molecular weight excluding hydrogens is 831 g/mol. The van der Waals surface area contributed by atoms with Crippen LogP contribution < -0.4 is 5.32 Å².